The molecule has 39 heavy (non-hydrogen) atoms. The van der Waals surface area contributed by atoms with E-state index in [-0.39, 0.29) is 40.4 Å². The summed E-state index contributed by atoms with van der Waals surface area (Å²) in [5.74, 6) is -2.07. The molecular weight excluding hydrogens is 512 g/mol. The summed E-state index contributed by atoms with van der Waals surface area (Å²) in [6.45, 7) is 4.27. The van der Waals surface area contributed by atoms with Crippen molar-refractivity contribution in [3.05, 3.63) is 88.5 Å². The van der Waals surface area contributed by atoms with E-state index in [1.165, 1.54) is 31.4 Å². The number of carbonyl (C=O) groups excluding carboxylic acids is 1. The molecule has 3 aromatic carbocycles. The molecule has 1 fully saturated rings. The lowest BCUT2D eigenvalue weighted by Gasteiger charge is -2.30. The van der Waals surface area contributed by atoms with Crippen LogP contribution in [0, 0.1) is 17.0 Å². The summed E-state index contributed by atoms with van der Waals surface area (Å²) in [6, 6.07) is 13.0. The third-order valence-corrected chi connectivity index (χ3v) is 7.62. The lowest BCUT2D eigenvalue weighted by Crippen LogP contribution is -2.17. The average Bonchev–Trinajstić information content (AvgIpc) is 3.26. The maximum atomic E-state index is 15.1. The van der Waals surface area contributed by atoms with Crippen LogP contribution >= 0.6 is 0 Å². The molecule has 0 saturated heterocycles. The Kier molecular flexibility index (Phi) is 8.64. The monoisotopic (exact) mass is 544 g/mol. The van der Waals surface area contributed by atoms with Crippen LogP contribution in [0.1, 0.15) is 80.2 Å². The van der Waals surface area contributed by atoms with E-state index in [1.807, 2.05) is 6.07 Å². The van der Waals surface area contributed by atoms with Crippen LogP contribution in [0.15, 0.2) is 54.6 Å². The van der Waals surface area contributed by atoms with Crippen molar-refractivity contribution in [2.24, 2.45) is 5.41 Å². The summed E-state index contributed by atoms with van der Waals surface area (Å²) >= 11 is 0. The van der Waals surface area contributed by atoms with Crippen molar-refractivity contribution in [3.8, 4) is 16.9 Å². The Balaban J connectivity index is 1.67. The van der Waals surface area contributed by atoms with E-state index in [2.05, 4.69) is 18.6 Å². The minimum atomic E-state index is -2.72. The van der Waals surface area contributed by atoms with E-state index in [1.54, 1.807) is 12.1 Å². The SMILES string of the molecule is COC(=O)C[C@@H](O)c1cccc(OCc2ccc(-c3cc(C(F)F)ccc3F)c([C@@H]3CCCC3(C)C)c2)c1F. The number of carbonyl (C=O) groups is 1. The molecule has 4 nitrogen and oxygen atoms in total. The third-order valence-electron chi connectivity index (χ3n) is 7.62. The molecule has 0 aromatic heterocycles. The van der Waals surface area contributed by atoms with E-state index in [0.29, 0.717) is 11.1 Å². The molecule has 0 heterocycles. The van der Waals surface area contributed by atoms with Crippen molar-refractivity contribution >= 4 is 5.97 Å². The number of esters is 1. The van der Waals surface area contributed by atoms with Gasteiger partial charge in [0.2, 0.25) is 0 Å². The molecule has 0 amide bonds. The molecule has 0 aliphatic heterocycles. The number of benzene rings is 3. The fourth-order valence-electron chi connectivity index (χ4n) is 5.43. The summed E-state index contributed by atoms with van der Waals surface area (Å²) in [5.41, 5.74) is 1.79. The first-order valence-electron chi connectivity index (χ1n) is 12.9. The zero-order valence-corrected chi connectivity index (χ0v) is 22.1. The van der Waals surface area contributed by atoms with E-state index >= 15 is 4.39 Å². The second-order valence-corrected chi connectivity index (χ2v) is 10.6. The number of ether oxygens (including phenoxy) is 2. The van der Waals surface area contributed by atoms with Crippen LogP contribution in [0.5, 0.6) is 5.75 Å². The van der Waals surface area contributed by atoms with Gasteiger partial charge in [-0.1, -0.05) is 56.7 Å². The van der Waals surface area contributed by atoms with Crippen molar-refractivity contribution in [1.82, 2.24) is 0 Å². The van der Waals surface area contributed by atoms with Gasteiger partial charge in [0.05, 0.1) is 19.6 Å². The van der Waals surface area contributed by atoms with Crippen LogP contribution in [0.25, 0.3) is 11.1 Å². The molecule has 0 radical (unpaired) electrons. The number of hydrogen-bond acceptors (Lipinski definition) is 4. The molecule has 1 N–H and O–H groups in total. The number of rotatable bonds is 9. The van der Waals surface area contributed by atoms with Crippen molar-refractivity contribution in [1.29, 1.82) is 0 Å². The molecule has 0 spiro atoms. The molecule has 1 aliphatic carbocycles. The first-order valence-corrected chi connectivity index (χ1v) is 12.9. The summed E-state index contributed by atoms with van der Waals surface area (Å²) in [6.07, 6.45) is -1.68. The molecule has 2 atom stereocenters. The summed E-state index contributed by atoms with van der Waals surface area (Å²) < 4.78 is 67.2. The Labute approximate surface area is 225 Å². The number of aliphatic hydroxyl groups is 1. The molecule has 3 aromatic rings. The first kappa shape index (κ1) is 28.6. The molecule has 0 bridgehead atoms. The fourth-order valence-corrected chi connectivity index (χ4v) is 5.43. The topological polar surface area (TPSA) is 55.8 Å². The maximum Gasteiger partial charge on any atom is 0.308 e. The van der Waals surface area contributed by atoms with Crippen LogP contribution < -0.4 is 4.74 Å². The lowest BCUT2D eigenvalue weighted by atomic mass is 9.75. The van der Waals surface area contributed by atoms with Crippen LogP contribution in [0.4, 0.5) is 17.6 Å². The van der Waals surface area contributed by atoms with Gasteiger partial charge in [-0.2, -0.15) is 0 Å². The predicted molar refractivity (Wildman–Crippen MR) is 139 cm³/mol. The van der Waals surface area contributed by atoms with Gasteiger partial charge in [-0.05, 0) is 59.1 Å². The summed E-state index contributed by atoms with van der Waals surface area (Å²) in [4.78, 5) is 11.5. The van der Waals surface area contributed by atoms with Gasteiger partial charge >= 0.3 is 5.97 Å². The van der Waals surface area contributed by atoms with Gasteiger partial charge < -0.3 is 14.6 Å². The van der Waals surface area contributed by atoms with Crippen molar-refractivity contribution in [2.45, 2.75) is 64.6 Å². The zero-order valence-electron chi connectivity index (χ0n) is 22.1. The second-order valence-electron chi connectivity index (χ2n) is 10.6. The van der Waals surface area contributed by atoms with Gasteiger partial charge in [-0.15, -0.1) is 0 Å². The lowest BCUT2D eigenvalue weighted by molar-refractivity contribution is -0.142. The highest BCUT2D eigenvalue weighted by molar-refractivity contribution is 5.71. The Morgan fingerprint density at radius 3 is 2.51 bits per heavy atom. The highest BCUT2D eigenvalue weighted by Gasteiger charge is 2.37. The molecule has 0 unspecified atom stereocenters. The number of methoxy groups -OCH3 is 1. The smallest absolute Gasteiger partial charge is 0.308 e. The molecule has 1 saturated carbocycles. The van der Waals surface area contributed by atoms with E-state index in [9.17, 15) is 23.1 Å². The summed E-state index contributed by atoms with van der Waals surface area (Å²) in [7, 11) is 1.18. The van der Waals surface area contributed by atoms with Gasteiger partial charge in [0.1, 0.15) is 12.4 Å². The molecule has 208 valence electrons. The fraction of sp³-hybridized carbons (Fsp3) is 0.387. The van der Waals surface area contributed by atoms with Crippen LogP contribution in [0.2, 0.25) is 0 Å². The highest BCUT2D eigenvalue weighted by Crippen LogP contribution is 2.51. The molecule has 4 rings (SSSR count). The standard InChI is InChI=1S/C31H32F4O4/c1-31(2)13-5-7-24(31)22-14-18(9-11-20(22)23-15-19(30(34)35)10-12-25(23)32)17-39-27-8-4-6-21(29(27)33)26(36)16-28(37)38-3/h4,6,8-12,14-15,24,26,30,36H,5,7,13,16-17H2,1-3H3/t24-,26+/m0/s1. The quantitative estimate of drug-likeness (QED) is 0.219. The summed E-state index contributed by atoms with van der Waals surface area (Å²) in [5, 5.41) is 10.3. The van der Waals surface area contributed by atoms with Gasteiger partial charge in [-0.25, -0.2) is 17.6 Å². The number of halogens is 4. The van der Waals surface area contributed by atoms with Gasteiger partial charge in [0.25, 0.3) is 6.43 Å². The minimum Gasteiger partial charge on any atom is -0.486 e. The van der Waals surface area contributed by atoms with Crippen LogP contribution in [0.3, 0.4) is 0 Å². The maximum absolute atomic E-state index is 15.1. The normalized spacial score (nSPS) is 17.3. The predicted octanol–water partition coefficient (Wildman–Crippen LogP) is 8.04. The number of aliphatic hydroxyl groups excluding tert-OH is 1. The number of alkyl halides is 2. The Bertz CT molecular complexity index is 1340. The zero-order chi connectivity index (χ0) is 28.3. The van der Waals surface area contributed by atoms with Gasteiger partial charge in [0.15, 0.2) is 11.6 Å². The Morgan fingerprint density at radius 1 is 1.08 bits per heavy atom. The Hall–Kier alpha value is -3.39. The highest BCUT2D eigenvalue weighted by atomic mass is 19.3. The first-order chi connectivity index (χ1) is 18.5. The van der Waals surface area contributed by atoms with Gasteiger partial charge in [-0.3, -0.25) is 4.79 Å². The third kappa shape index (κ3) is 6.27. The van der Waals surface area contributed by atoms with E-state index < -0.39 is 36.6 Å². The van der Waals surface area contributed by atoms with E-state index in [0.717, 1.165) is 37.0 Å². The Morgan fingerprint density at radius 2 is 1.85 bits per heavy atom. The molecular formula is C31H32F4O4. The molecule has 8 heteroatoms. The van der Waals surface area contributed by atoms with Crippen molar-refractivity contribution < 1.29 is 36.9 Å². The second kappa shape index (κ2) is 11.8. The van der Waals surface area contributed by atoms with Gasteiger partial charge in [0, 0.05) is 16.7 Å². The van der Waals surface area contributed by atoms with Crippen LogP contribution in [-0.2, 0) is 16.1 Å². The van der Waals surface area contributed by atoms with Crippen molar-refractivity contribution in [2.75, 3.05) is 7.11 Å². The molecule has 1 aliphatic rings. The minimum absolute atomic E-state index is 0.0204. The van der Waals surface area contributed by atoms with Crippen molar-refractivity contribution in [3.63, 3.8) is 0 Å². The van der Waals surface area contributed by atoms with Crippen LogP contribution in [-0.4, -0.2) is 18.2 Å². The van der Waals surface area contributed by atoms with E-state index in [4.69, 9.17) is 4.74 Å². The average molecular weight is 545 g/mol. The number of hydrogen-bond donors (Lipinski definition) is 1. The largest absolute Gasteiger partial charge is 0.486 e.